The van der Waals surface area contributed by atoms with Crippen LogP contribution in [-0.4, -0.2) is 10.9 Å². The van der Waals surface area contributed by atoms with Crippen LogP contribution >= 0.6 is 0 Å². The van der Waals surface area contributed by atoms with E-state index in [4.69, 9.17) is 11.1 Å². The van der Waals surface area contributed by atoms with E-state index in [0.717, 1.165) is 11.1 Å². The summed E-state index contributed by atoms with van der Waals surface area (Å²) in [6, 6.07) is 25.2. The summed E-state index contributed by atoms with van der Waals surface area (Å²) in [4.78, 5) is 2.05. The molecule has 3 aromatic rings. The first-order valence-electron chi connectivity index (χ1n) is 8.14. The molecule has 0 aliphatic carbocycles. The van der Waals surface area contributed by atoms with Gasteiger partial charge in [-0.2, -0.15) is 0 Å². The number of nitrogen functional groups attached to an aromatic ring is 1. The largest absolute Gasteiger partial charge is 0.506 e. The van der Waals surface area contributed by atoms with Crippen LogP contribution in [0.4, 0.5) is 5.69 Å². The van der Waals surface area contributed by atoms with Gasteiger partial charge in [-0.05, 0) is 23.3 Å². The lowest BCUT2D eigenvalue weighted by atomic mass is 10.1. The zero-order valence-corrected chi connectivity index (χ0v) is 13.9. The van der Waals surface area contributed by atoms with Crippen LogP contribution in [0.2, 0.25) is 0 Å². The molecule has 0 heterocycles. The van der Waals surface area contributed by atoms with Crippen molar-refractivity contribution in [1.82, 2.24) is 0 Å². The Kier molecular flexibility index (Phi) is 5.00. The van der Waals surface area contributed by atoms with Gasteiger partial charge in [0.1, 0.15) is 11.6 Å². The molecule has 25 heavy (non-hydrogen) atoms. The van der Waals surface area contributed by atoms with Gasteiger partial charge in [0, 0.05) is 18.7 Å². The molecule has 126 valence electrons. The lowest BCUT2D eigenvalue weighted by molar-refractivity contribution is 0.473. The first-order chi connectivity index (χ1) is 12.1. The van der Waals surface area contributed by atoms with Crippen LogP contribution in [-0.2, 0) is 13.1 Å². The SMILES string of the molecule is N=C(N)c1cccc(O)c1N(Cc1ccccc1)Cc1ccccc1. The summed E-state index contributed by atoms with van der Waals surface area (Å²) in [6.45, 7) is 1.21. The third-order valence-electron chi connectivity index (χ3n) is 4.05. The molecule has 0 aliphatic heterocycles. The second-order valence-electron chi connectivity index (χ2n) is 5.91. The van der Waals surface area contributed by atoms with Crippen LogP contribution in [0, 0.1) is 5.41 Å². The molecule has 0 bridgehead atoms. The van der Waals surface area contributed by atoms with E-state index in [1.165, 1.54) is 0 Å². The van der Waals surface area contributed by atoms with Crippen molar-refractivity contribution in [2.75, 3.05) is 4.90 Å². The fourth-order valence-electron chi connectivity index (χ4n) is 2.90. The monoisotopic (exact) mass is 331 g/mol. The van der Waals surface area contributed by atoms with Crippen LogP contribution in [0.15, 0.2) is 78.9 Å². The standard InChI is InChI=1S/C21H21N3O/c22-21(23)18-12-7-13-19(25)20(18)24(14-16-8-3-1-4-9-16)15-17-10-5-2-6-11-17/h1-13,25H,14-15H2,(H3,22,23). The maximum absolute atomic E-state index is 10.5. The summed E-state index contributed by atoms with van der Waals surface area (Å²) >= 11 is 0. The van der Waals surface area contributed by atoms with E-state index in [0.29, 0.717) is 24.3 Å². The average molecular weight is 331 g/mol. The second kappa shape index (κ2) is 7.53. The summed E-state index contributed by atoms with van der Waals surface area (Å²) in [5.74, 6) is 0.0663. The van der Waals surface area contributed by atoms with Gasteiger partial charge in [0.05, 0.1) is 5.69 Å². The van der Waals surface area contributed by atoms with E-state index in [2.05, 4.69) is 4.90 Å². The van der Waals surface area contributed by atoms with Crippen molar-refractivity contribution >= 4 is 11.5 Å². The quantitative estimate of drug-likeness (QED) is 0.474. The molecule has 0 aromatic heterocycles. The van der Waals surface area contributed by atoms with Crippen LogP contribution in [0.1, 0.15) is 16.7 Å². The van der Waals surface area contributed by atoms with Gasteiger partial charge in [-0.25, -0.2) is 0 Å². The molecule has 3 rings (SSSR count). The molecule has 4 heteroatoms. The Hall–Kier alpha value is -3.27. The number of hydrogen-bond acceptors (Lipinski definition) is 3. The topological polar surface area (TPSA) is 73.3 Å². The normalized spacial score (nSPS) is 10.4. The zero-order chi connectivity index (χ0) is 17.6. The highest BCUT2D eigenvalue weighted by molar-refractivity contribution is 6.01. The van der Waals surface area contributed by atoms with Gasteiger partial charge in [0.2, 0.25) is 0 Å². The van der Waals surface area contributed by atoms with E-state index < -0.39 is 0 Å². The van der Waals surface area contributed by atoms with Gasteiger partial charge in [-0.1, -0.05) is 66.7 Å². The van der Waals surface area contributed by atoms with Crippen LogP contribution in [0.25, 0.3) is 0 Å². The van der Waals surface area contributed by atoms with Crippen molar-refractivity contribution in [2.45, 2.75) is 13.1 Å². The van der Waals surface area contributed by atoms with Gasteiger partial charge in [0.15, 0.2) is 0 Å². The molecular weight excluding hydrogens is 310 g/mol. The highest BCUT2D eigenvalue weighted by atomic mass is 16.3. The number of aromatic hydroxyl groups is 1. The Morgan fingerprint density at radius 1 is 0.800 bits per heavy atom. The Morgan fingerprint density at radius 2 is 1.32 bits per heavy atom. The molecule has 0 saturated carbocycles. The number of benzene rings is 3. The van der Waals surface area contributed by atoms with Crippen molar-refractivity contribution < 1.29 is 5.11 Å². The van der Waals surface area contributed by atoms with Gasteiger partial charge < -0.3 is 15.7 Å². The molecular formula is C21H21N3O. The van der Waals surface area contributed by atoms with E-state index in [-0.39, 0.29) is 11.6 Å². The third-order valence-corrected chi connectivity index (χ3v) is 4.05. The highest BCUT2D eigenvalue weighted by Gasteiger charge is 2.18. The number of nitrogens with two attached hydrogens (primary N) is 1. The summed E-state index contributed by atoms with van der Waals surface area (Å²) < 4.78 is 0. The number of hydrogen-bond donors (Lipinski definition) is 3. The molecule has 0 saturated heterocycles. The maximum atomic E-state index is 10.5. The molecule has 4 N–H and O–H groups in total. The van der Waals surface area contributed by atoms with E-state index in [1.54, 1.807) is 18.2 Å². The van der Waals surface area contributed by atoms with Gasteiger partial charge >= 0.3 is 0 Å². The Balaban J connectivity index is 2.03. The van der Waals surface area contributed by atoms with E-state index in [9.17, 15) is 5.11 Å². The number of nitrogens with zero attached hydrogens (tertiary/aromatic N) is 1. The molecule has 0 aliphatic rings. The van der Waals surface area contributed by atoms with Crippen molar-refractivity contribution in [2.24, 2.45) is 5.73 Å². The van der Waals surface area contributed by atoms with Crippen molar-refractivity contribution in [3.63, 3.8) is 0 Å². The molecule has 0 radical (unpaired) electrons. The summed E-state index contributed by atoms with van der Waals surface area (Å²) in [5.41, 5.74) is 9.12. The van der Waals surface area contributed by atoms with Crippen molar-refractivity contribution in [3.8, 4) is 5.75 Å². The molecule has 0 amide bonds. The lowest BCUT2D eigenvalue weighted by Crippen LogP contribution is -2.26. The molecule has 0 spiro atoms. The van der Waals surface area contributed by atoms with E-state index in [1.807, 2.05) is 60.7 Å². The molecule has 0 fully saturated rings. The number of para-hydroxylation sites is 1. The minimum atomic E-state index is -0.0583. The van der Waals surface area contributed by atoms with Crippen molar-refractivity contribution in [1.29, 1.82) is 5.41 Å². The van der Waals surface area contributed by atoms with Crippen LogP contribution in [0.3, 0.4) is 0 Å². The fourth-order valence-corrected chi connectivity index (χ4v) is 2.90. The predicted molar refractivity (Wildman–Crippen MR) is 102 cm³/mol. The molecule has 0 atom stereocenters. The Bertz CT molecular complexity index is 806. The number of phenolic OH excluding ortho intramolecular Hbond substituents is 1. The average Bonchev–Trinajstić information content (AvgIpc) is 2.62. The first-order valence-corrected chi connectivity index (χ1v) is 8.14. The number of nitrogens with one attached hydrogen (secondary N) is 1. The molecule has 3 aromatic carbocycles. The zero-order valence-electron chi connectivity index (χ0n) is 13.9. The molecule has 0 unspecified atom stereocenters. The minimum Gasteiger partial charge on any atom is -0.506 e. The lowest BCUT2D eigenvalue weighted by Gasteiger charge is -2.28. The predicted octanol–water partition coefficient (Wildman–Crippen LogP) is 3.88. The fraction of sp³-hybridized carbons (Fsp3) is 0.0952. The van der Waals surface area contributed by atoms with Gasteiger partial charge in [0.25, 0.3) is 0 Å². The smallest absolute Gasteiger partial charge is 0.139 e. The number of phenols is 1. The number of anilines is 1. The Labute approximate surface area is 147 Å². The highest BCUT2D eigenvalue weighted by Crippen LogP contribution is 2.33. The van der Waals surface area contributed by atoms with Gasteiger partial charge in [-0.3, -0.25) is 5.41 Å². The summed E-state index contributed by atoms with van der Waals surface area (Å²) in [6.07, 6.45) is 0. The first kappa shape index (κ1) is 16.6. The van der Waals surface area contributed by atoms with Crippen LogP contribution in [0.5, 0.6) is 5.75 Å². The van der Waals surface area contributed by atoms with Crippen molar-refractivity contribution in [3.05, 3.63) is 95.6 Å². The second-order valence-corrected chi connectivity index (χ2v) is 5.91. The van der Waals surface area contributed by atoms with Gasteiger partial charge in [-0.15, -0.1) is 0 Å². The molecule has 4 nitrogen and oxygen atoms in total. The Morgan fingerprint density at radius 3 is 1.80 bits per heavy atom. The summed E-state index contributed by atoms with van der Waals surface area (Å²) in [5, 5.41) is 18.3. The van der Waals surface area contributed by atoms with Crippen LogP contribution < -0.4 is 10.6 Å². The number of amidine groups is 1. The minimum absolute atomic E-state index is 0.0583. The summed E-state index contributed by atoms with van der Waals surface area (Å²) in [7, 11) is 0. The van der Waals surface area contributed by atoms with E-state index >= 15 is 0 Å². The third kappa shape index (κ3) is 3.98. The number of rotatable bonds is 6. The maximum Gasteiger partial charge on any atom is 0.139 e.